The van der Waals surface area contributed by atoms with Crippen LogP contribution in [0.3, 0.4) is 0 Å². The summed E-state index contributed by atoms with van der Waals surface area (Å²) < 4.78 is 16.0. The van der Waals surface area contributed by atoms with Gasteiger partial charge in [0.15, 0.2) is 5.78 Å². The summed E-state index contributed by atoms with van der Waals surface area (Å²) in [6, 6.07) is 12.9. The normalized spacial score (nSPS) is 20.6. The van der Waals surface area contributed by atoms with E-state index in [1.54, 1.807) is 39.0 Å². The summed E-state index contributed by atoms with van der Waals surface area (Å²) in [6.07, 6.45) is 0.286. The van der Waals surface area contributed by atoms with Gasteiger partial charge < -0.3 is 19.5 Å². The highest BCUT2D eigenvalue weighted by Gasteiger charge is 2.49. The lowest BCUT2D eigenvalue weighted by molar-refractivity contribution is -0.384. The van der Waals surface area contributed by atoms with E-state index in [-0.39, 0.29) is 36.5 Å². The topological polar surface area (TPSA) is 134 Å². The molecule has 1 aliphatic carbocycles. The number of ether oxygens (including phenoxy) is 3. The molecule has 3 atom stereocenters. The van der Waals surface area contributed by atoms with E-state index in [9.17, 15) is 24.5 Å². The molecule has 2 aromatic rings. The van der Waals surface area contributed by atoms with Crippen molar-refractivity contribution in [3.63, 3.8) is 0 Å². The molecule has 0 aromatic heterocycles. The molecule has 10 heteroatoms. The first-order valence-electron chi connectivity index (χ1n) is 12.7. The molecule has 10 nitrogen and oxygen atoms in total. The number of hydrogen-bond donors (Lipinski definition) is 1. The van der Waals surface area contributed by atoms with Gasteiger partial charge in [-0.15, -0.1) is 0 Å². The predicted octanol–water partition coefficient (Wildman–Crippen LogP) is 4.32. The van der Waals surface area contributed by atoms with Gasteiger partial charge in [-0.2, -0.15) is 0 Å². The van der Waals surface area contributed by atoms with Crippen molar-refractivity contribution in [3.05, 3.63) is 92.3 Å². The first-order chi connectivity index (χ1) is 18.7. The minimum atomic E-state index is -1.17. The average Bonchev–Trinajstić information content (AvgIpc) is 2.92. The molecule has 0 saturated heterocycles. The van der Waals surface area contributed by atoms with Crippen LogP contribution in [0.25, 0.3) is 0 Å². The Hall–Kier alpha value is -4.47. The van der Waals surface area contributed by atoms with Gasteiger partial charge in [-0.3, -0.25) is 19.7 Å². The predicted molar refractivity (Wildman–Crippen MR) is 141 cm³/mol. The molecule has 39 heavy (non-hydrogen) atoms. The number of ketones is 1. The standard InChI is InChI=1S/C29H30N2O8/c1-5-38-28(33)23-16(3)30-22-15-21(18-8-7-9-20(14-18)37-4)25(29(34)39-6-2)27(32)26(22)24(23)17-10-12-19(13-11-17)31(35)36/h7-14,21,24-25,30H,5-6,15H2,1-4H3/t21-,24+,25-/m1/s1. The molecule has 1 aliphatic heterocycles. The number of benzene rings is 2. The molecule has 0 fully saturated rings. The third-order valence-corrected chi connectivity index (χ3v) is 7.01. The Morgan fingerprint density at radius 2 is 1.74 bits per heavy atom. The van der Waals surface area contributed by atoms with Crippen LogP contribution in [0.2, 0.25) is 0 Å². The van der Waals surface area contributed by atoms with Gasteiger partial charge >= 0.3 is 11.9 Å². The zero-order chi connectivity index (χ0) is 28.3. The Bertz CT molecular complexity index is 1380. The van der Waals surface area contributed by atoms with E-state index in [0.29, 0.717) is 22.7 Å². The van der Waals surface area contributed by atoms with Gasteiger partial charge in [0, 0.05) is 40.9 Å². The van der Waals surface area contributed by atoms with Crippen LogP contribution < -0.4 is 10.1 Å². The van der Waals surface area contributed by atoms with Gasteiger partial charge in [0.2, 0.25) is 0 Å². The smallest absolute Gasteiger partial charge is 0.336 e. The van der Waals surface area contributed by atoms with E-state index in [2.05, 4.69) is 5.32 Å². The number of nitrogens with one attached hydrogen (secondary N) is 1. The molecule has 2 aromatic carbocycles. The Morgan fingerprint density at radius 3 is 2.36 bits per heavy atom. The van der Waals surface area contributed by atoms with Crippen molar-refractivity contribution < 1.29 is 33.5 Å². The van der Waals surface area contributed by atoms with Crippen molar-refractivity contribution in [1.29, 1.82) is 0 Å². The number of nitro benzene ring substituents is 1. The summed E-state index contributed by atoms with van der Waals surface area (Å²) in [5.41, 5.74) is 2.63. The lowest BCUT2D eigenvalue weighted by Crippen LogP contribution is -2.43. The second kappa shape index (κ2) is 11.5. The van der Waals surface area contributed by atoms with Gasteiger partial charge in [-0.1, -0.05) is 24.3 Å². The number of nitrogens with zero attached hydrogens (tertiary/aromatic N) is 1. The fourth-order valence-electron chi connectivity index (χ4n) is 5.32. The van der Waals surface area contributed by atoms with Gasteiger partial charge in [0.05, 0.1) is 30.8 Å². The number of hydrogen-bond acceptors (Lipinski definition) is 9. The number of dihydropyridines is 1. The summed E-state index contributed by atoms with van der Waals surface area (Å²) in [6.45, 7) is 5.28. The van der Waals surface area contributed by atoms with Crippen molar-refractivity contribution in [1.82, 2.24) is 5.32 Å². The van der Waals surface area contributed by atoms with E-state index < -0.39 is 40.4 Å². The monoisotopic (exact) mass is 534 g/mol. The number of Topliss-reactive ketones (excluding diaryl/α,β-unsaturated/α-hetero) is 1. The fraction of sp³-hybridized carbons (Fsp3) is 0.345. The number of methoxy groups -OCH3 is 1. The van der Waals surface area contributed by atoms with Gasteiger partial charge in [0.25, 0.3) is 5.69 Å². The molecule has 0 unspecified atom stereocenters. The summed E-state index contributed by atoms with van der Waals surface area (Å²) in [7, 11) is 1.54. The molecule has 204 valence electrons. The first kappa shape index (κ1) is 27.6. The molecule has 2 aliphatic rings. The van der Waals surface area contributed by atoms with E-state index in [4.69, 9.17) is 14.2 Å². The lowest BCUT2D eigenvalue weighted by Gasteiger charge is -2.39. The highest BCUT2D eigenvalue weighted by atomic mass is 16.6. The van der Waals surface area contributed by atoms with Crippen molar-refractivity contribution in [2.24, 2.45) is 5.92 Å². The van der Waals surface area contributed by atoms with Crippen LogP contribution in [-0.2, 0) is 23.9 Å². The molecule has 1 heterocycles. The molecule has 1 N–H and O–H groups in total. The maximum absolute atomic E-state index is 14.3. The molecule has 4 rings (SSSR count). The third-order valence-electron chi connectivity index (χ3n) is 7.01. The maximum atomic E-state index is 14.3. The summed E-state index contributed by atoms with van der Waals surface area (Å²) in [5.74, 6) is -3.78. The number of rotatable bonds is 8. The van der Waals surface area contributed by atoms with Gasteiger partial charge in [-0.25, -0.2) is 4.79 Å². The fourth-order valence-corrected chi connectivity index (χ4v) is 5.32. The number of carbonyl (C=O) groups excluding carboxylic acids is 3. The van der Waals surface area contributed by atoms with Crippen molar-refractivity contribution in [3.8, 4) is 5.75 Å². The van der Waals surface area contributed by atoms with Crippen LogP contribution in [-0.4, -0.2) is 43.0 Å². The number of nitro groups is 1. The number of non-ortho nitro benzene ring substituents is 1. The summed E-state index contributed by atoms with van der Waals surface area (Å²) >= 11 is 0. The van der Waals surface area contributed by atoms with Crippen LogP contribution in [0.5, 0.6) is 5.75 Å². The van der Waals surface area contributed by atoms with E-state index >= 15 is 0 Å². The highest BCUT2D eigenvalue weighted by Crippen LogP contribution is 2.48. The minimum Gasteiger partial charge on any atom is -0.497 e. The summed E-state index contributed by atoms with van der Waals surface area (Å²) in [4.78, 5) is 51.5. The number of esters is 2. The third kappa shape index (κ3) is 5.27. The van der Waals surface area contributed by atoms with Crippen LogP contribution in [0.4, 0.5) is 5.69 Å². The van der Waals surface area contributed by atoms with Crippen LogP contribution in [0.1, 0.15) is 50.2 Å². The molecule has 0 saturated carbocycles. The summed E-state index contributed by atoms with van der Waals surface area (Å²) in [5, 5.41) is 14.5. The van der Waals surface area contributed by atoms with E-state index in [1.165, 1.54) is 31.4 Å². The van der Waals surface area contributed by atoms with E-state index in [1.807, 2.05) is 6.07 Å². The zero-order valence-electron chi connectivity index (χ0n) is 22.2. The SMILES string of the molecule is CCOC(=O)C1=C(C)NC2=C(C(=O)[C@H](C(=O)OCC)[C@@H](c3cccc(OC)c3)C2)[C@H]1c1ccc([N+](=O)[O-])cc1. The molecule has 0 bridgehead atoms. The second-order valence-corrected chi connectivity index (χ2v) is 9.24. The molecule has 0 amide bonds. The Balaban J connectivity index is 1.90. The Labute approximate surface area is 225 Å². The van der Waals surface area contributed by atoms with Crippen molar-refractivity contribution in [2.75, 3.05) is 20.3 Å². The molecule has 0 radical (unpaired) electrons. The lowest BCUT2D eigenvalue weighted by atomic mass is 9.67. The van der Waals surface area contributed by atoms with E-state index in [0.717, 1.165) is 5.56 Å². The minimum absolute atomic E-state index is 0.0937. The molecular formula is C29H30N2O8. The first-order valence-corrected chi connectivity index (χ1v) is 12.7. The van der Waals surface area contributed by atoms with Gasteiger partial charge in [0.1, 0.15) is 11.7 Å². The largest absolute Gasteiger partial charge is 0.497 e. The van der Waals surface area contributed by atoms with Crippen molar-refractivity contribution >= 4 is 23.4 Å². The average molecular weight is 535 g/mol. The quantitative estimate of drug-likeness (QED) is 0.227. The number of carbonyl (C=O) groups is 3. The Kier molecular flexibility index (Phi) is 8.13. The molecule has 0 spiro atoms. The zero-order valence-corrected chi connectivity index (χ0v) is 22.2. The van der Waals surface area contributed by atoms with Crippen LogP contribution in [0, 0.1) is 16.0 Å². The molecular weight excluding hydrogens is 504 g/mol. The van der Waals surface area contributed by atoms with Crippen LogP contribution in [0.15, 0.2) is 71.1 Å². The second-order valence-electron chi connectivity index (χ2n) is 9.24. The van der Waals surface area contributed by atoms with Crippen molar-refractivity contribution in [2.45, 2.75) is 39.0 Å². The van der Waals surface area contributed by atoms with Crippen LogP contribution >= 0.6 is 0 Å². The number of allylic oxidation sites excluding steroid dienone is 3. The van der Waals surface area contributed by atoms with Gasteiger partial charge in [-0.05, 0) is 50.5 Å². The highest BCUT2D eigenvalue weighted by molar-refractivity contribution is 6.13. The Morgan fingerprint density at radius 1 is 1.05 bits per heavy atom. The maximum Gasteiger partial charge on any atom is 0.336 e.